The van der Waals surface area contributed by atoms with Crippen molar-refractivity contribution in [3.05, 3.63) is 92.9 Å². The summed E-state index contributed by atoms with van der Waals surface area (Å²) < 4.78 is 6.21. The molecule has 3 aromatic rings. The van der Waals surface area contributed by atoms with E-state index < -0.39 is 0 Å². The van der Waals surface area contributed by atoms with Gasteiger partial charge < -0.3 is 9.73 Å². The lowest BCUT2D eigenvalue weighted by Gasteiger charge is -2.11. The number of carbonyl (C=O) groups is 1. The van der Waals surface area contributed by atoms with E-state index in [1.54, 1.807) is 30.5 Å². The van der Waals surface area contributed by atoms with Crippen LogP contribution >= 0.6 is 27.5 Å². The van der Waals surface area contributed by atoms with Crippen molar-refractivity contribution in [3.8, 4) is 0 Å². The van der Waals surface area contributed by atoms with E-state index in [1.807, 2.05) is 36.4 Å². The molecule has 0 bridgehead atoms. The van der Waals surface area contributed by atoms with E-state index in [1.165, 1.54) is 0 Å². The molecule has 0 spiro atoms. The quantitative estimate of drug-likeness (QED) is 0.547. The highest BCUT2D eigenvalue weighted by atomic mass is 79.9. The molecule has 26 heavy (non-hydrogen) atoms. The first-order chi connectivity index (χ1) is 12.6. The Morgan fingerprint density at radius 3 is 2.69 bits per heavy atom. The Hall–Kier alpha value is -2.63. The molecule has 0 atom stereocenters. The Bertz CT molecular complexity index is 1060. The first-order valence-electron chi connectivity index (χ1n) is 7.82. The molecule has 0 aliphatic carbocycles. The molecule has 1 aliphatic heterocycles. The SMILES string of the molecule is O=C1Nc2ccc(Br)cc2C(c2ccccc2Cl)=N/C1=C\c1ccco1. The number of anilines is 1. The molecule has 2 aromatic carbocycles. The second kappa shape index (κ2) is 6.94. The summed E-state index contributed by atoms with van der Waals surface area (Å²) in [4.78, 5) is 17.3. The average Bonchev–Trinajstić information content (AvgIpc) is 3.09. The summed E-state index contributed by atoms with van der Waals surface area (Å²) in [6.45, 7) is 0. The zero-order valence-corrected chi connectivity index (χ0v) is 15.7. The molecule has 1 aromatic heterocycles. The highest BCUT2D eigenvalue weighted by molar-refractivity contribution is 9.10. The Labute approximate surface area is 163 Å². The van der Waals surface area contributed by atoms with Gasteiger partial charge in [-0.2, -0.15) is 0 Å². The van der Waals surface area contributed by atoms with Crippen molar-refractivity contribution in [2.24, 2.45) is 4.99 Å². The largest absolute Gasteiger partial charge is 0.465 e. The van der Waals surface area contributed by atoms with Crippen LogP contribution in [0.1, 0.15) is 16.9 Å². The molecular weight excluding hydrogens is 416 g/mol. The predicted octanol–water partition coefficient (Wildman–Crippen LogP) is 5.53. The molecular formula is C20H12BrClN2O2. The first kappa shape index (κ1) is 16.8. The number of benzene rings is 2. The van der Waals surface area contributed by atoms with Crippen LogP contribution in [-0.2, 0) is 4.79 Å². The minimum atomic E-state index is -0.313. The average molecular weight is 428 g/mol. The third kappa shape index (κ3) is 3.23. The number of nitrogens with zero attached hydrogens (tertiary/aromatic N) is 1. The number of hydrogen-bond acceptors (Lipinski definition) is 3. The van der Waals surface area contributed by atoms with E-state index in [4.69, 9.17) is 16.0 Å². The van der Waals surface area contributed by atoms with Crippen molar-refractivity contribution in [2.45, 2.75) is 0 Å². The van der Waals surface area contributed by atoms with Crippen molar-refractivity contribution < 1.29 is 9.21 Å². The van der Waals surface area contributed by atoms with Crippen LogP contribution in [0.15, 0.2) is 80.4 Å². The molecule has 0 radical (unpaired) electrons. The minimum Gasteiger partial charge on any atom is -0.465 e. The van der Waals surface area contributed by atoms with Gasteiger partial charge in [0.2, 0.25) is 0 Å². The van der Waals surface area contributed by atoms with Crippen LogP contribution in [0.3, 0.4) is 0 Å². The van der Waals surface area contributed by atoms with Gasteiger partial charge in [0.25, 0.3) is 5.91 Å². The highest BCUT2D eigenvalue weighted by Gasteiger charge is 2.23. The summed E-state index contributed by atoms with van der Waals surface area (Å²) in [6.07, 6.45) is 3.15. The van der Waals surface area contributed by atoms with Crippen LogP contribution in [0.2, 0.25) is 5.02 Å². The fourth-order valence-electron chi connectivity index (χ4n) is 2.70. The zero-order valence-electron chi connectivity index (χ0n) is 13.4. The number of amides is 1. The van der Waals surface area contributed by atoms with Crippen LogP contribution in [-0.4, -0.2) is 11.6 Å². The molecule has 4 nitrogen and oxygen atoms in total. The molecule has 4 rings (SSSR count). The smallest absolute Gasteiger partial charge is 0.274 e. The highest BCUT2D eigenvalue weighted by Crippen LogP contribution is 2.31. The second-order valence-corrected chi connectivity index (χ2v) is 6.95. The number of rotatable bonds is 2. The summed E-state index contributed by atoms with van der Waals surface area (Å²) in [6, 6.07) is 16.5. The van der Waals surface area contributed by atoms with Gasteiger partial charge in [-0.1, -0.05) is 45.7 Å². The van der Waals surface area contributed by atoms with E-state index in [0.29, 0.717) is 22.2 Å². The Morgan fingerprint density at radius 2 is 1.92 bits per heavy atom. The van der Waals surface area contributed by atoms with Crippen molar-refractivity contribution in [3.63, 3.8) is 0 Å². The van der Waals surface area contributed by atoms with E-state index in [2.05, 4.69) is 26.2 Å². The van der Waals surface area contributed by atoms with E-state index in [-0.39, 0.29) is 11.6 Å². The predicted molar refractivity (Wildman–Crippen MR) is 107 cm³/mol. The number of halogens is 2. The molecule has 128 valence electrons. The van der Waals surface area contributed by atoms with Crippen LogP contribution in [0.4, 0.5) is 5.69 Å². The van der Waals surface area contributed by atoms with Crippen LogP contribution in [0, 0.1) is 0 Å². The fourth-order valence-corrected chi connectivity index (χ4v) is 3.29. The third-order valence-electron chi connectivity index (χ3n) is 3.90. The molecule has 1 amide bonds. The number of hydrogen-bond donors (Lipinski definition) is 1. The maximum absolute atomic E-state index is 12.7. The van der Waals surface area contributed by atoms with Gasteiger partial charge >= 0.3 is 0 Å². The third-order valence-corrected chi connectivity index (χ3v) is 4.72. The van der Waals surface area contributed by atoms with Crippen LogP contribution in [0.25, 0.3) is 6.08 Å². The van der Waals surface area contributed by atoms with Gasteiger partial charge in [-0.25, -0.2) is 4.99 Å². The van der Waals surface area contributed by atoms with Gasteiger partial charge in [0.1, 0.15) is 11.5 Å². The molecule has 0 saturated carbocycles. The molecule has 2 heterocycles. The summed E-state index contributed by atoms with van der Waals surface area (Å²) in [5, 5.41) is 3.46. The van der Waals surface area contributed by atoms with Gasteiger partial charge in [0, 0.05) is 26.7 Å². The van der Waals surface area contributed by atoms with Crippen molar-refractivity contribution in [1.29, 1.82) is 0 Å². The number of furan rings is 1. The van der Waals surface area contributed by atoms with E-state index in [0.717, 1.165) is 15.6 Å². The topological polar surface area (TPSA) is 54.6 Å². The zero-order chi connectivity index (χ0) is 18.1. The van der Waals surface area contributed by atoms with E-state index >= 15 is 0 Å². The van der Waals surface area contributed by atoms with Crippen LogP contribution < -0.4 is 5.32 Å². The standard InChI is InChI=1S/C20H12BrClN2O2/c21-12-7-8-17-15(10-12)19(14-5-1-2-6-16(14)22)23-18(20(25)24-17)11-13-4-3-9-26-13/h1-11H,(H,24,25)/b18-11-. The molecule has 0 saturated heterocycles. The van der Waals surface area contributed by atoms with Gasteiger partial charge in [0.15, 0.2) is 0 Å². The second-order valence-electron chi connectivity index (χ2n) is 5.63. The minimum absolute atomic E-state index is 0.238. The van der Waals surface area contributed by atoms with Gasteiger partial charge in [-0.15, -0.1) is 0 Å². The maximum atomic E-state index is 12.7. The number of aliphatic imine (C=N–C) groups is 1. The Kier molecular flexibility index (Phi) is 4.49. The number of carbonyl (C=O) groups excluding carboxylic acids is 1. The Morgan fingerprint density at radius 1 is 1.08 bits per heavy atom. The summed E-state index contributed by atoms with van der Waals surface area (Å²) in [5.74, 6) is 0.233. The normalized spacial score (nSPS) is 15.2. The Balaban J connectivity index is 1.97. The molecule has 0 unspecified atom stereocenters. The maximum Gasteiger partial charge on any atom is 0.274 e. The first-order valence-corrected chi connectivity index (χ1v) is 8.99. The van der Waals surface area contributed by atoms with Crippen molar-refractivity contribution >= 4 is 50.9 Å². The molecule has 1 N–H and O–H groups in total. The van der Waals surface area contributed by atoms with Gasteiger partial charge in [0.05, 0.1) is 17.7 Å². The van der Waals surface area contributed by atoms with Gasteiger partial charge in [-0.05, 0) is 36.4 Å². The van der Waals surface area contributed by atoms with Crippen molar-refractivity contribution in [2.75, 3.05) is 5.32 Å². The molecule has 1 aliphatic rings. The number of nitrogens with one attached hydrogen (secondary N) is 1. The summed E-state index contributed by atoms with van der Waals surface area (Å²) in [7, 11) is 0. The van der Waals surface area contributed by atoms with Crippen molar-refractivity contribution in [1.82, 2.24) is 0 Å². The molecule has 0 fully saturated rings. The fraction of sp³-hybridized carbons (Fsp3) is 0. The summed E-state index contributed by atoms with van der Waals surface area (Å²) in [5.41, 5.74) is 3.05. The lowest BCUT2D eigenvalue weighted by molar-refractivity contribution is -0.112. The number of benzodiazepines with no additional fused rings is 1. The molecule has 6 heteroatoms. The van der Waals surface area contributed by atoms with E-state index in [9.17, 15) is 4.79 Å². The lowest BCUT2D eigenvalue weighted by Crippen LogP contribution is -2.12. The monoisotopic (exact) mass is 426 g/mol. The van der Waals surface area contributed by atoms with Gasteiger partial charge in [-0.3, -0.25) is 4.79 Å². The number of fused-ring (bicyclic) bond motifs is 1. The lowest BCUT2D eigenvalue weighted by atomic mass is 10.0. The van der Waals surface area contributed by atoms with Crippen LogP contribution in [0.5, 0.6) is 0 Å². The summed E-state index contributed by atoms with van der Waals surface area (Å²) >= 11 is 9.89.